The fourth-order valence-corrected chi connectivity index (χ4v) is 2.79. The van der Waals surface area contributed by atoms with Crippen LogP contribution in [0.4, 0.5) is 0 Å². The third-order valence-corrected chi connectivity index (χ3v) is 4.14. The van der Waals surface area contributed by atoms with Gasteiger partial charge in [0.05, 0.1) is 25.3 Å². The summed E-state index contributed by atoms with van der Waals surface area (Å²) in [6.45, 7) is 7.18. The van der Waals surface area contributed by atoms with Gasteiger partial charge >= 0.3 is 0 Å². The lowest BCUT2D eigenvalue weighted by Gasteiger charge is -2.15. The first-order chi connectivity index (χ1) is 12.0. The van der Waals surface area contributed by atoms with E-state index < -0.39 is 0 Å². The first-order valence-corrected chi connectivity index (χ1v) is 9.23. The topological polar surface area (TPSA) is 64.1 Å². The van der Waals surface area contributed by atoms with Gasteiger partial charge in [-0.1, -0.05) is 13.8 Å². The lowest BCUT2D eigenvalue weighted by Crippen LogP contribution is -2.38. The predicted octanol–water partition coefficient (Wildman–Crippen LogP) is 3.19. The third-order valence-electron chi connectivity index (χ3n) is 3.56. The maximum Gasteiger partial charge on any atom is 0.191 e. The van der Waals surface area contributed by atoms with E-state index in [0.29, 0.717) is 37.1 Å². The Morgan fingerprint density at radius 2 is 1.92 bits per heavy atom. The molecule has 0 aliphatic heterocycles. The van der Waals surface area contributed by atoms with E-state index in [2.05, 4.69) is 45.4 Å². The summed E-state index contributed by atoms with van der Waals surface area (Å²) >= 11 is 3.50. The van der Waals surface area contributed by atoms with Crippen molar-refractivity contribution in [3.63, 3.8) is 0 Å². The van der Waals surface area contributed by atoms with Crippen molar-refractivity contribution in [1.29, 1.82) is 0 Å². The van der Waals surface area contributed by atoms with E-state index in [-0.39, 0.29) is 0 Å². The second-order valence-electron chi connectivity index (χ2n) is 5.96. The van der Waals surface area contributed by atoms with E-state index in [0.717, 1.165) is 29.0 Å². The van der Waals surface area contributed by atoms with Crippen LogP contribution in [0.3, 0.4) is 0 Å². The van der Waals surface area contributed by atoms with Crippen molar-refractivity contribution < 1.29 is 14.2 Å². The van der Waals surface area contributed by atoms with Crippen LogP contribution in [0, 0.1) is 5.92 Å². The quantitative estimate of drug-likeness (QED) is 0.349. The molecule has 25 heavy (non-hydrogen) atoms. The van der Waals surface area contributed by atoms with Crippen LogP contribution in [0.25, 0.3) is 0 Å². The van der Waals surface area contributed by atoms with Gasteiger partial charge < -0.3 is 24.8 Å². The second kappa shape index (κ2) is 12.0. The Bertz CT molecular complexity index is 551. The van der Waals surface area contributed by atoms with Gasteiger partial charge in [0, 0.05) is 26.7 Å². The van der Waals surface area contributed by atoms with Crippen molar-refractivity contribution >= 4 is 21.9 Å². The Labute approximate surface area is 159 Å². The molecular formula is C18H30BrN3O3. The molecule has 0 saturated carbocycles. The molecule has 7 heteroatoms. The van der Waals surface area contributed by atoms with E-state index in [9.17, 15) is 0 Å². The second-order valence-corrected chi connectivity index (χ2v) is 6.81. The molecular weight excluding hydrogens is 386 g/mol. The molecule has 0 fully saturated rings. The molecule has 0 bridgehead atoms. The lowest BCUT2D eigenvalue weighted by molar-refractivity contribution is 0.128. The Morgan fingerprint density at radius 1 is 1.16 bits per heavy atom. The molecule has 1 rings (SSSR count). The molecule has 0 heterocycles. The molecule has 0 unspecified atom stereocenters. The highest BCUT2D eigenvalue weighted by Crippen LogP contribution is 2.36. The van der Waals surface area contributed by atoms with Crippen LogP contribution >= 0.6 is 15.9 Å². The number of benzene rings is 1. The van der Waals surface area contributed by atoms with Gasteiger partial charge in [0.1, 0.15) is 0 Å². The molecule has 0 aliphatic rings. The van der Waals surface area contributed by atoms with Crippen LogP contribution < -0.4 is 20.1 Å². The molecule has 0 spiro atoms. The van der Waals surface area contributed by atoms with Crippen molar-refractivity contribution in [1.82, 2.24) is 10.6 Å². The van der Waals surface area contributed by atoms with Crippen LogP contribution in [0.15, 0.2) is 21.6 Å². The summed E-state index contributed by atoms with van der Waals surface area (Å²) in [4.78, 5) is 4.22. The fourth-order valence-electron chi connectivity index (χ4n) is 2.14. The standard InChI is InChI=1S/C18H30BrN3O3/c1-13(2)6-8-25-9-7-21-18(20-3)22-12-14-10-15(19)17(24-5)16(11-14)23-4/h10-11,13H,6-9,12H2,1-5H3,(H2,20,21,22). The molecule has 0 amide bonds. The molecule has 6 nitrogen and oxygen atoms in total. The van der Waals surface area contributed by atoms with E-state index in [1.165, 1.54) is 0 Å². The minimum atomic E-state index is 0.618. The summed E-state index contributed by atoms with van der Waals surface area (Å²) < 4.78 is 17.1. The van der Waals surface area contributed by atoms with Crippen LogP contribution in [-0.2, 0) is 11.3 Å². The first-order valence-electron chi connectivity index (χ1n) is 8.44. The zero-order valence-electron chi connectivity index (χ0n) is 15.8. The first kappa shape index (κ1) is 21.6. The van der Waals surface area contributed by atoms with Gasteiger partial charge in [-0.25, -0.2) is 0 Å². The number of nitrogens with zero attached hydrogens (tertiary/aromatic N) is 1. The summed E-state index contributed by atoms with van der Waals surface area (Å²) in [6.07, 6.45) is 1.08. The monoisotopic (exact) mass is 415 g/mol. The molecule has 2 N–H and O–H groups in total. The Kier molecular flexibility index (Phi) is 10.3. The number of hydrogen-bond donors (Lipinski definition) is 2. The SMILES string of the molecule is CN=C(NCCOCCC(C)C)NCc1cc(Br)c(OC)c(OC)c1. The van der Waals surface area contributed by atoms with Gasteiger partial charge in [-0.05, 0) is 46.0 Å². The highest BCUT2D eigenvalue weighted by Gasteiger charge is 2.10. The van der Waals surface area contributed by atoms with Crippen molar-refractivity contribution in [2.45, 2.75) is 26.8 Å². The number of methoxy groups -OCH3 is 2. The number of ether oxygens (including phenoxy) is 3. The van der Waals surface area contributed by atoms with Gasteiger partial charge in [0.25, 0.3) is 0 Å². The van der Waals surface area contributed by atoms with Crippen molar-refractivity contribution in [3.8, 4) is 11.5 Å². The Hall–Kier alpha value is -1.47. The van der Waals surface area contributed by atoms with Crippen LogP contribution in [0.1, 0.15) is 25.8 Å². The van der Waals surface area contributed by atoms with Crippen molar-refractivity contribution in [2.75, 3.05) is 41.0 Å². The lowest BCUT2D eigenvalue weighted by atomic mass is 10.1. The van der Waals surface area contributed by atoms with Crippen molar-refractivity contribution in [2.24, 2.45) is 10.9 Å². The summed E-state index contributed by atoms with van der Waals surface area (Å²) in [5, 5.41) is 6.52. The van der Waals surface area contributed by atoms with Crippen molar-refractivity contribution in [3.05, 3.63) is 22.2 Å². The maximum atomic E-state index is 5.59. The van der Waals surface area contributed by atoms with E-state index in [1.807, 2.05) is 12.1 Å². The number of rotatable bonds is 10. The zero-order valence-corrected chi connectivity index (χ0v) is 17.4. The van der Waals surface area contributed by atoms with Crippen LogP contribution in [0.2, 0.25) is 0 Å². The summed E-state index contributed by atoms with van der Waals surface area (Å²) in [5.74, 6) is 2.78. The van der Waals surface area contributed by atoms with Crippen LogP contribution in [-0.4, -0.2) is 47.0 Å². The van der Waals surface area contributed by atoms with E-state index >= 15 is 0 Å². The van der Waals surface area contributed by atoms with Crippen LogP contribution in [0.5, 0.6) is 11.5 Å². The van der Waals surface area contributed by atoms with E-state index in [4.69, 9.17) is 14.2 Å². The zero-order chi connectivity index (χ0) is 18.7. The van der Waals surface area contributed by atoms with E-state index in [1.54, 1.807) is 21.3 Å². The summed E-state index contributed by atoms with van der Waals surface area (Å²) in [7, 11) is 5.00. The largest absolute Gasteiger partial charge is 0.493 e. The number of aliphatic imine (C=N–C) groups is 1. The van der Waals surface area contributed by atoms with Gasteiger partial charge in [-0.15, -0.1) is 0 Å². The minimum Gasteiger partial charge on any atom is -0.493 e. The average molecular weight is 416 g/mol. The number of nitrogens with one attached hydrogen (secondary N) is 2. The summed E-state index contributed by atoms with van der Waals surface area (Å²) in [6, 6.07) is 3.94. The highest BCUT2D eigenvalue weighted by molar-refractivity contribution is 9.10. The van der Waals surface area contributed by atoms with Gasteiger partial charge in [0.15, 0.2) is 17.5 Å². The smallest absolute Gasteiger partial charge is 0.191 e. The molecule has 0 aromatic heterocycles. The molecule has 142 valence electrons. The Morgan fingerprint density at radius 3 is 2.52 bits per heavy atom. The molecule has 0 aliphatic carbocycles. The number of guanidine groups is 1. The predicted molar refractivity (Wildman–Crippen MR) is 106 cm³/mol. The minimum absolute atomic E-state index is 0.618. The normalized spacial score (nSPS) is 11.6. The highest BCUT2D eigenvalue weighted by atomic mass is 79.9. The van der Waals surface area contributed by atoms with Gasteiger partial charge in [-0.3, -0.25) is 4.99 Å². The fraction of sp³-hybridized carbons (Fsp3) is 0.611. The Balaban J connectivity index is 2.43. The molecule has 1 aromatic carbocycles. The van der Waals surface area contributed by atoms with Gasteiger partial charge in [-0.2, -0.15) is 0 Å². The molecule has 0 saturated heterocycles. The average Bonchev–Trinajstić information content (AvgIpc) is 2.59. The molecule has 1 aromatic rings. The summed E-state index contributed by atoms with van der Waals surface area (Å²) in [5.41, 5.74) is 1.06. The molecule has 0 radical (unpaired) electrons. The molecule has 0 atom stereocenters. The maximum absolute atomic E-state index is 5.59. The third kappa shape index (κ3) is 7.96. The number of halogens is 1. The van der Waals surface area contributed by atoms with Gasteiger partial charge in [0.2, 0.25) is 0 Å². The number of hydrogen-bond acceptors (Lipinski definition) is 4.